The number of halogens is 3. The summed E-state index contributed by atoms with van der Waals surface area (Å²) in [6.45, 7) is 0. The number of oxazole rings is 1. The third-order valence-corrected chi connectivity index (χ3v) is 4.49. The highest BCUT2D eigenvalue weighted by Gasteiger charge is 2.15. The topological polar surface area (TPSA) is 38.9 Å². The molecule has 0 bridgehead atoms. The third kappa shape index (κ3) is 3.51. The van der Waals surface area contributed by atoms with E-state index in [1.807, 2.05) is 6.07 Å². The summed E-state index contributed by atoms with van der Waals surface area (Å²) in [5.41, 5.74) is 1.49. The van der Waals surface area contributed by atoms with Gasteiger partial charge in [-0.1, -0.05) is 27.5 Å². The molecule has 0 spiro atoms. The number of rotatable bonds is 4. The van der Waals surface area contributed by atoms with E-state index < -0.39 is 0 Å². The van der Waals surface area contributed by atoms with Gasteiger partial charge in [-0.15, -0.1) is 0 Å². The van der Waals surface area contributed by atoms with Crippen molar-refractivity contribution >= 4 is 39.3 Å². The van der Waals surface area contributed by atoms with Gasteiger partial charge in [0.15, 0.2) is 5.09 Å². The quantitative estimate of drug-likeness (QED) is 0.537. The van der Waals surface area contributed by atoms with Gasteiger partial charge in [0.25, 0.3) is 0 Å². The van der Waals surface area contributed by atoms with Crippen LogP contribution in [0.25, 0.3) is 11.5 Å². The first-order chi connectivity index (χ1) is 10.7. The second-order valence-electron chi connectivity index (χ2n) is 4.31. The van der Waals surface area contributed by atoms with E-state index in [1.165, 1.54) is 23.9 Å². The molecule has 0 saturated carbocycles. The Hall–Kier alpha value is -1.37. The third-order valence-electron chi connectivity index (χ3n) is 2.78. The highest BCUT2D eigenvalue weighted by molar-refractivity contribution is 9.08. The van der Waals surface area contributed by atoms with Gasteiger partial charge in [-0.25, -0.2) is 14.4 Å². The molecular formula is C15H9BrClFN2OS. The second kappa shape index (κ2) is 6.81. The summed E-state index contributed by atoms with van der Waals surface area (Å²) in [6, 6.07) is 9.59. The molecule has 112 valence electrons. The van der Waals surface area contributed by atoms with Crippen LogP contribution in [0.1, 0.15) is 5.69 Å². The van der Waals surface area contributed by atoms with Crippen molar-refractivity contribution < 1.29 is 8.81 Å². The summed E-state index contributed by atoms with van der Waals surface area (Å²) in [5.74, 6) is 0.155. The zero-order valence-corrected chi connectivity index (χ0v) is 14.3. The van der Waals surface area contributed by atoms with Crippen molar-refractivity contribution in [3.05, 3.63) is 59.1 Å². The van der Waals surface area contributed by atoms with Gasteiger partial charge in [-0.05, 0) is 48.2 Å². The summed E-state index contributed by atoms with van der Waals surface area (Å²) in [6.07, 6.45) is 1.58. The molecule has 0 N–H and O–H groups in total. The van der Waals surface area contributed by atoms with E-state index in [0.717, 1.165) is 16.3 Å². The molecule has 0 aliphatic carbocycles. The van der Waals surface area contributed by atoms with Gasteiger partial charge in [0.05, 0.1) is 10.4 Å². The minimum atomic E-state index is -0.295. The lowest BCUT2D eigenvalue weighted by molar-refractivity contribution is 0.480. The van der Waals surface area contributed by atoms with E-state index in [2.05, 4.69) is 25.9 Å². The summed E-state index contributed by atoms with van der Waals surface area (Å²) >= 11 is 10.6. The van der Waals surface area contributed by atoms with Crippen molar-refractivity contribution in [1.82, 2.24) is 9.97 Å². The summed E-state index contributed by atoms with van der Waals surface area (Å²) < 4.78 is 18.8. The Morgan fingerprint density at radius 3 is 2.59 bits per heavy atom. The van der Waals surface area contributed by atoms with Crippen LogP contribution in [0.3, 0.4) is 0 Å². The predicted molar refractivity (Wildman–Crippen MR) is 87.9 cm³/mol. The van der Waals surface area contributed by atoms with E-state index in [-0.39, 0.29) is 5.82 Å². The van der Waals surface area contributed by atoms with Gasteiger partial charge in [0.2, 0.25) is 5.89 Å². The van der Waals surface area contributed by atoms with Crippen LogP contribution in [-0.4, -0.2) is 9.97 Å². The monoisotopic (exact) mass is 398 g/mol. The Morgan fingerprint density at radius 1 is 1.18 bits per heavy atom. The normalized spacial score (nSPS) is 10.9. The Kier molecular flexibility index (Phi) is 4.81. The Bertz CT molecular complexity index is 777. The number of hydrogen-bond donors (Lipinski definition) is 0. The van der Waals surface area contributed by atoms with Crippen LogP contribution in [0.5, 0.6) is 0 Å². The molecule has 0 aliphatic rings. The van der Waals surface area contributed by atoms with E-state index in [9.17, 15) is 4.39 Å². The zero-order valence-electron chi connectivity index (χ0n) is 11.1. The molecule has 2 aromatic heterocycles. The first-order valence-electron chi connectivity index (χ1n) is 6.27. The van der Waals surface area contributed by atoms with Crippen molar-refractivity contribution in [3.8, 4) is 11.5 Å². The first kappa shape index (κ1) is 15.5. The van der Waals surface area contributed by atoms with Crippen molar-refractivity contribution in [2.24, 2.45) is 0 Å². The van der Waals surface area contributed by atoms with Crippen molar-refractivity contribution in [2.45, 2.75) is 15.4 Å². The average Bonchev–Trinajstić information content (AvgIpc) is 2.93. The zero-order chi connectivity index (χ0) is 15.5. The molecule has 2 heterocycles. The van der Waals surface area contributed by atoms with Crippen LogP contribution in [-0.2, 0) is 5.33 Å². The van der Waals surface area contributed by atoms with Gasteiger partial charge in [0, 0.05) is 11.8 Å². The Morgan fingerprint density at radius 2 is 1.95 bits per heavy atom. The minimum absolute atomic E-state index is 0.295. The molecule has 22 heavy (non-hydrogen) atoms. The first-order valence-corrected chi connectivity index (χ1v) is 8.58. The van der Waals surface area contributed by atoms with E-state index >= 15 is 0 Å². The largest absolute Gasteiger partial charge is 0.429 e. The summed E-state index contributed by atoms with van der Waals surface area (Å²) in [5, 5.41) is 2.53. The molecule has 3 nitrogen and oxygen atoms in total. The highest BCUT2D eigenvalue weighted by Crippen LogP contribution is 2.34. The number of pyridine rings is 1. The fraction of sp³-hybridized carbons (Fsp3) is 0.0667. The molecule has 7 heteroatoms. The molecule has 0 unspecified atom stereocenters. The lowest BCUT2D eigenvalue weighted by Gasteiger charge is -1.98. The van der Waals surface area contributed by atoms with Crippen LogP contribution in [0, 0.1) is 5.82 Å². The minimum Gasteiger partial charge on any atom is -0.429 e. The maximum absolute atomic E-state index is 13.0. The highest BCUT2D eigenvalue weighted by atomic mass is 79.9. The fourth-order valence-electron chi connectivity index (χ4n) is 1.74. The lowest BCUT2D eigenvalue weighted by Crippen LogP contribution is -1.83. The molecular weight excluding hydrogens is 391 g/mol. The SMILES string of the molecule is Fc1ccc(-c2nc(CBr)c(Sc3ccc(Cl)cn3)o2)cc1. The number of hydrogen-bond acceptors (Lipinski definition) is 4. The van der Waals surface area contributed by atoms with Gasteiger partial charge < -0.3 is 4.42 Å². The van der Waals surface area contributed by atoms with Crippen molar-refractivity contribution in [3.63, 3.8) is 0 Å². The molecule has 0 amide bonds. The van der Waals surface area contributed by atoms with E-state index in [0.29, 0.717) is 21.3 Å². The van der Waals surface area contributed by atoms with Crippen LogP contribution < -0.4 is 0 Å². The molecule has 3 rings (SSSR count). The molecule has 0 atom stereocenters. The smallest absolute Gasteiger partial charge is 0.227 e. The Labute approximate surface area is 144 Å². The van der Waals surface area contributed by atoms with Crippen LogP contribution in [0.4, 0.5) is 4.39 Å². The molecule has 0 saturated heterocycles. The molecule has 0 aliphatic heterocycles. The van der Waals surface area contributed by atoms with E-state index in [1.54, 1.807) is 24.4 Å². The second-order valence-corrected chi connectivity index (χ2v) is 6.30. The number of aromatic nitrogens is 2. The van der Waals surface area contributed by atoms with Crippen LogP contribution in [0.15, 0.2) is 57.1 Å². The lowest BCUT2D eigenvalue weighted by atomic mass is 10.2. The van der Waals surface area contributed by atoms with Gasteiger partial charge >= 0.3 is 0 Å². The number of nitrogens with zero attached hydrogens (tertiary/aromatic N) is 2. The van der Waals surface area contributed by atoms with Crippen molar-refractivity contribution in [1.29, 1.82) is 0 Å². The van der Waals surface area contributed by atoms with Crippen LogP contribution >= 0.6 is 39.3 Å². The number of benzene rings is 1. The average molecular weight is 400 g/mol. The molecule has 3 aromatic rings. The fourth-order valence-corrected chi connectivity index (χ4v) is 3.20. The predicted octanol–water partition coefficient (Wildman–Crippen LogP) is 5.58. The Balaban J connectivity index is 1.91. The van der Waals surface area contributed by atoms with Gasteiger partial charge in [-0.3, -0.25) is 0 Å². The van der Waals surface area contributed by atoms with Crippen molar-refractivity contribution in [2.75, 3.05) is 0 Å². The molecule has 0 radical (unpaired) electrons. The number of alkyl halides is 1. The van der Waals surface area contributed by atoms with Crippen LogP contribution in [0.2, 0.25) is 5.02 Å². The molecule has 1 aromatic carbocycles. The van der Waals surface area contributed by atoms with E-state index in [4.69, 9.17) is 16.0 Å². The maximum atomic E-state index is 13.0. The molecule has 0 fully saturated rings. The van der Waals surface area contributed by atoms with Gasteiger partial charge in [0.1, 0.15) is 16.5 Å². The van der Waals surface area contributed by atoms with Gasteiger partial charge in [-0.2, -0.15) is 0 Å². The standard InChI is InChI=1S/C15H9BrClFN2OS/c16-7-12-15(22-13-6-3-10(17)8-19-13)21-14(20-12)9-1-4-11(18)5-2-9/h1-6,8H,7H2. The summed E-state index contributed by atoms with van der Waals surface area (Å²) in [4.78, 5) is 8.65. The summed E-state index contributed by atoms with van der Waals surface area (Å²) in [7, 11) is 0. The maximum Gasteiger partial charge on any atom is 0.227 e.